The molecule has 0 radical (unpaired) electrons. The zero-order valence-electron chi connectivity index (χ0n) is 18.3. The number of rotatable bonds is 5. The van der Waals surface area contributed by atoms with Crippen LogP contribution < -0.4 is 10.2 Å². The molecule has 0 aromatic carbocycles. The number of carbonyl (C=O) groups is 1. The predicted molar refractivity (Wildman–Crippen MR) is 124 cm³/mol. The van der Waals surface area contributed by atoms with Gasteiger partial charge in [0.05, 0.1) is 33.2 Å². The molecular formula is C22H27N7OS. The Bertz CT molecular complexity index is 1060. The number of pyridine rings is 1. The molecule has 0 saturated carbocycles. The van der Waals surface area contributed by atoms with Gasteiger partial charge >= 0.3 is 0 Å². The van der Waals surface area contributed by atoms with Crippen molar-refractivity contribution >= 4 is 34.7 Å². The Balaban J connectivity index is 1.44. The number of aromatic nitrogens is 4. The van der Waals surface area contributed by atoms with Gasteiger partial charge < -0.3 is 15.1 Å². The molecule has 1 amide bonds. The highest BCUT2D eigenvalue weighted by Crippen LogP contribution is 2.32. The van der Waals surface area contributed by atoms with E-state index in [1.165, 1.54) is 0 Å². The van der Waals surface area contributed by atoms with Crippen LogP contribution in [0.3, 0.4) is 0 Å². The lowest BCUT2D eigenvalue weighted by molar-refractivity contribution is -0.129. The quantitative estimate of drug-likeness (QED) is 0.649. The first-order chi connectivity index (χ1) is 14.9. The van der Waals surface area contributed by atoms with E-state index in [0.717, 1.165) is 53.1 Å². The normalized spacial score (nSPS) is 14.2. The number of piperazine rings is 1. The van der Waals surface area contributed by atoms with Crippen molar-refractivity contribution in [2.45, 2.75) is 33.6 Å². The third kappa shape index (κ3) is 4.82. The zero-order chi connectivity index (χ0) is 22.0. The van der Waals surface area contributed by atoms with Gasteiger partial charge in [-0.2, -0.15) is 0 Å². The molecule has 1 aliphatic heterocycles. The lowest BCUT2D eigenvalue weighted by atomic mass is 10.2. The summed E-state index contributed by atoms with van der Waals surface area (Å²) in [6, 6.07) is 5.87. The molecule has 9 heteroatoms. The van der Waals surface area contributed by atoms with Gasteiger partial charge in [-0.05, 0) is 25.1 Å². The number of aryl methyl sites for hydroxylation is 1. The molecule has 1 N–H and O–H groups in total. The number of nitrogens with one attached hydrogen (secondary N) is 1. The first-order valence-corrected chi connectivity index (χ1v) is 11.3. The summed E-state index contributed by atoms with van der Waals surface area (Å²) in [6.07, 6.45) is 3.60. The van der Waals surface area contributed by atoms with Crippen LogP contribution in [0.5, 0.6) is 0 Å². The predicted octanol–water partition coefficient (Wildman–Crippen LogP) is 3.84. The molecule has 1 aliphatic rings. The van der Waals surface area contributed by atoms with Gasteiger partial charge in [0.25, 0.3) is 0 Å². The molecule has 1 saturated heterocycles. The Hall–Kier alpha value is -3.07. The van der Waals surface area contributed by atoms with E-state index >= 15 is 0 Å². The van der Waals surface area contributed by atoms with Gasteiger partial charge in [0, 0.05) is 45.2 Å². The molecule has 31 heavy (non-hydrogen) atoms. The van der Waals surface area contributed by atoms with Gasteiger partial charge in [0.2, 0.25) is 11.9 Å². The summed E-state index contributed by atoms with van der Waals surface area (Å²) in [6.45, 7) is 11.0. The molecule has 0 aliphatic carbocycles. The van der Waals surface area contributed by atoms with Crippen LogP contribution in [-0.4, -0.2) is 56.9 Å². The number of nitrogens with zero attached hydrogens (tertiary/aromatic N) is 6. The minimum atomic E-state index is 0.133. The van der Waals surface area contributed by atoms with E-state index < -0.39 is 0 Å². The summed E-state index contributed by atoms with van der Waals surface area (Å²) in [5.41, 5.74) is 2.90. The van der Waals surface area contributed by atoms with Gasteiger partial charge in [-0.1, -0.05) is 13.8 Å². The van der Waals surface area contributed by atoms with E-state index in [2.05, 4.69) is 44.0 Å². The van der Waals surface area contributed by atoms with E-state index in [9.17, 15) is 4.79 Å². The summed E-state index contributed by atoms with van der Waals surface area (Å²) < 4.78 is 0. The maximum atomic E-state index is 11.5. The van der Waals surface area contributed by atoms with Crippen molar-refractivity contribution in [3.8, 4) is 10.6 Å². The molecule has 0 atom stereocenters. The fourth-order valence-corrected chi connectivity index (χ4v) is 4.53. The average Bonchev–Trinajstić information content (AvgIpc) is 3.17. The Labute approximate surface area is 186 Å². The first-order valence-electron chi connectivity index (χ1n) is 10.4. The van der Waals surface area contributed by atoms with Crippen LogP contribution in [0.4, 0.5) is 17.5 Å². The topological polar surface area (TPSA) is 87.1 Å². The largest absolute Gasteiger partial charge is 0.367 e. The minimum absolute atomic E-state index is 0.133. The van der Waals surface area contributed by atoms with Crippen molar-refractivity contribution in [3.05, 3.63) is 41.3 Å². The molecule has 3 aromatic heterocycles. The maximum absolute atomic E-state index is 11.5. The highest BCUT2D eigenvalue weighted by molar-refractivity contribution is 7.15. The molecule has 4 heterocycles. The molecule has 162 valence electrons. The summed E-state index contributed by atoms with van der Waals surface area (Å²) >= 11 is 1.68. The van der Waals surface area contributed by atoms with Crippen LogP contribution in [0.1, 0.15) is 37.4 Å². The summed E-state index contributed by atoms with van der Waals surface area (Å²) in [4.78, 5) is 34.9. The van der Waals surface area contributed by atoms with Crippen molar-refractivity contribution in [2.75, 3.05) is 36.4 Å². The standard InChI is InChI=1S/C22H27N7OS/c1-14(2)21-25-15(3)20(31-21)18-7-8-23-22(26-18)27-19-6-5-17(13-24-19)29-11-9-28(10-12-29)16(4)30/h5-8,13-14H,9-12H2,1-4H3,(H,23,24,26,27). The Morgan fingerprint density at radius 3 is 2.48 bits per heavy atom. The number of hydrogen-bond acceptors (Lipinski definition) is 8. The fourth-order valence-electron chi connectivity index (χ4n) is 3.49. The second-order valence-corrected chi connectivity index (χ2v) is 8.94. The monoisotopic (exact) mass is 437 g/mol. The number of hydrogen-bond donors (Lipinski definition) is 1. The van der Waals surface area contributed by atoms with E-state index in [1.54, 1.807) is 24.5 Å². The number of thiazole rings is 1. The second kappa shape index (κ2) is 8.97. The van der Waals surface area contributed by atoms with Crippen LogP contribution in [-0.2, 0) is 4.79 Å². The highest BCUT2D eigenvalue weighted by Gasteiger charge is 2.19. The van der Waals surface area contributed by atoms with Gasteiger partial charge in [0.15, 0.2) is 0 Å². The van der Waals surface area contributed by atoms with Crippen molar-refractivity contribution in [3.63, 3.8) is 0 Å². The minimum Gasteiger partial charge on any atom is -0.367 e. The maximum Gasteiger partial charge on any atom is 0.228 e. The Morgan fingerprint density at radius 2 is 1.87 bits per heavy atom. The average molecular weight is 438 g/mol. The highest BCUT2D eigenvalue weighted by atomic mass is 32.1. The molecule has 0 spiro atoms. The fraction of sp³-hybridized carbons (Fsp3) is 0.409. The van der Waals surface area contributed by atoms with E-state index in [-0.39, 0.29) is 5.91 Å². The van der Waals surface area contributed by atoms with Crippen LogP contribution in [0.2, 0.25) is 0 Å². The number of anilines is 3. The van der Waals surface area contributed by atoms with Crippen LogP contribution in [0, 0.1) is 6.92 Å². The van der Waals surface area contributed by atoms with Crippen LogP contribution >= 0.6 is 11.3 Å². The third-order valence-corrected chi connectivity index (χ3v) is 6.75. The van der Waals surface area contributed by atoms with Gasteiger partial charge in [-0.25, -0.2) is 19.9 Å². The summed E-state index contributed by atoms with van der Waals surface area (Å²) in [5.74, 6) is 1.72. The third-order valence-electron chi connectivity index (χ3n) is 5.27. The SMILES string of the molecule is CC(=O)N1CCN(c2ccc(Nc3nccc(-c4sc(C(C)C)nc4C)n3)nc2)CC1. The lowest BCUT2D eigenvalue weighted by Crippen LogP contribution is -2.48. The molecular weight excluding hydrogens is 410 g/mol. The number of carbonyl (C=O) groups excluding carboxylic acids is 1. The van der Waals surface area contributed by atoms with Gasteiger partial charge in [-0.15, -0.1) is 11.3 Å². The molecule has 4 rings (SSSR count). The molecule has 1 fully saturated rings. The van der Waals surface area contributed by atoms with Crippen LogP contribution in [0.15, 0.2) is 30.6 Å². The second-order valence-electron chi connectivity index (χ2n) is 7.91. The smallest absolute Gasteiger partial charge is 0.228 e. The van der Waals surface area contributed by atoms with Gasteiger partial charge in [0.1, 0.15) is 5.82 Å². The molecule has 3 aromatic rings. The van der Waals surface area contributed by atoms with Crippen molar-refractivity contribution in [2.24, 2.45) is 0 Å². The molecule has 0 unspecified atom stereocenters. The van der Waals surface area contributed by atoms with Gasteiger partial charge in [-0.3, -0.25) is 4.79 Å². The zero-order valence-corrected chi connectivity index (χ0v) is 19.1. The molecule has 8 nitrogen and oxygen atoms in total. The Kier molecular flexibility index (Phi) is 6.13. The van der Waals surface area contributed by atoms with E-state index in [4.69, 9.17) is 0 Å². The van der Waals surface area contributed by atoms with E-state index in [0.29, 0.717) is 17.7 Å². The van der Waals surface area contributed by atoms with Crippen molar-refractivity contribution in [1.29, 1.82) is 0 Å². The van der Waals surface area contributed by atoms with Crippen molar-refractivity contribution in [1.82, 2.24) is 24.8 Å². The number of amides is 1. The lowest BCUT2D eigenvalue weighted by Gasteiger charge is -2.35. The molecule has 0 bridgehead atoms. The van der Waals surface area contributed by atoms with E-state index in [1.807, 2.05) is 36.2 Å². The Morgan fingerprint density at radius 1 is 1.10 bits per heavy atom. The van der Waals surface area contributed by atoms with Crippen LogP contribution in [0.25, 0.3) is 10.6 Å². The van der Waals surface area contributed by atoms with Crippen molar-refractivity contribution < 1.29 is 4.79 Å². The first kappa shape index (κ1) is 21.2. The summed E-state index contributed by atoms with van der Waals surface area (Å²) in [7, 11) is 0. The summed E-state index contributed by atoms with van der Waals surface area (Å²) in [5, 5.41) is 4.31.